The number of rotatable bonds is 3. The van der Waals surface area contributed by atoms with Crippen LogP contribution < -0.4 is 0 Å². The third kappa shape index (κ3) is 3.52. The molecule has 0 amide bonds. The number of halogens is 3. The van der Waals surface area contributed by atoms with Crippen molar-refractivity contribution in [3.05, 3.63) is 33.1 Å². The van der Waals surface area contributed by atoms with Crippen LogP contribution in [0.5, 0.6) is 0 Å². The van der Waals surface area contributed by atoms with Gasteiger partial charge in [-0.25, -0.2) is 8.78 Å². The van der Waals surface area contributed by atoms with E-state index in [1.54, 1.807) is 6.07 Å². The fourth-order valence-electron chi connectivity index (χ4n) is 1.21. The molecule has 0 heterocycles. The average Bonchev–Trinajstić information content (AvgIpc) is 2.18. The fourth-order valence-corrected chi connectivity index (χ4v) is 1.85. The number of benzene rings is 1. The van der Waals surface area contributed by atoms with E-state index in [4.69, 9.17) is 0 Å². The zero-order chi connectivity index (χ0) is 11.4. The lowest BCUT2D eigenvalue weighted by Gasteiger charge is -2.07. The molecule has 1 rings (SSSR count). The van der Waals surface area contributed by atoms with Crippen LogP contribution in [0.4, 0.5) is 8.78 Å². The summed E-state index contributed by atoms with van der Waals surface area (Å²) in [6, 6.07) is 4.31. The molecular weight excluding hydrogens is 311 g/mol. The van der Waals surface area contributed by atoms with Crippen LogP contribution in [0, 0.1) is 9.39 Å². The van der Waals surface area contributed by atoms with Crippen LogP contribution in [0.15, 0.2) is 23.2 Å². The Bertz CT molecular complexity index is 375. The van der Waals surface area contributed by atoms with Crippen molar-refractivity contribution < 1.29 is 8.78 Å². The first-order valence-electron chi connectivity index (χ1n) is 4.62. The van der Waals surface area contributed by atoms with Gasteiger partial charge in [0.15, 0.2) is 0 Å². The van der Waals surface area contributed by atoms with E-state index in [1.165, 1.54) is 12.1 Å². The quantitative estimate of drug-likeness (QED) is 0.595. The van der Waals surface area contributed by atoms with E-state index < -0.39 is 6.67 Å². The van der Waals surface area contributed by atoms with Gasteiger partial charge in [0.2, 0.25) is 0 Å². The first-order chi connectivity index (χ1) is 7.04. The van der Waals surface area contributed by atoms with E-state index in [2.05, 4.69) is 4.99 Å². The van der Waals surface area contributed by atoms with Crippen LogP contribution in [0.3, 0.4) is 0 Å². The number of nitrogens with zero attached hydrogens (tertiary/aromatic N) is 1. The van der Waals surface area contributed by atoms with Gasteiger partial charge >= 0.3 is 0 Å². The number of aliphatic imine (C=N–C) groups is 1. The number of hydrogen-bond donors (Lipinski definition) is 0. The molecule has 15 heavy (non-hydrogen) atoms. The molecular formula is C11H12F2IN. The topological polar surface area (TPSA) is 12.4 Å². The van der Waals surface area contributed by atoms with Crippen molar-refractivity contribution in [1.29, 1.82) is 0 Å². The van der Waals surface area contributed by atoms with Gasteiger partial charge in [-0.05, 0) is 54.6 Å². The van der Waals surface area contributed by atoms with E-state index in [1.807, 2.05) is 36.4 Å². The molecule has 0 bridgehead atoms. The minimum absolute atomic E-state index is 0.00909. The predicted molar refractivity (Wildman–Crippen MR) is 66.8 cm³/mol. The Kier molecular flexibility index (Phi) is 4.63. The van der Waals surface area contributed by atoms with Crippen LogP contribution in [0.2, 0.25) is 0 Å². The summed E-state index contributed by atoms with van der Waals surface area (Å²) < 4.78 is 26.6. The van der Waals surface area contributed by atoms with Gasteiger partial charge in [-0.2, -0.15) is 0 Å². The van der Waals surface area contributed by atoms with Gasteiger partial charge in [-0.1, -0.05) is 0 Å². The molecule has 0 atom stereocenters. The summed E-state index contributed by atoms with van der Waals surface area (Å²) in [5, 5.41) is 0. The van der Waals surface area contributed by atoms with Gasteiger partial charge in [0.25, 0.3) is 0 Å². The highest BCUT2D eigenvalue weighted by Gasteiger charge is 2.09. The Morgan fingerprint density at radius 3 is 2.67 bits per heavy atom. The molecule has 0 aliphatic carbocycles. The second kappa shape index (κ2) is 5.53. The maximum atomic E-state index is 13.0. The Morgan fingerprint density at radius 1 is 1.47 bits per heavy atom. The highest BCUT2D eigenvalue weighted by Crippen LogP contribution is 2.16. The fraction of sp³-hybridized carbons (Fsp3) is 0.364. The molecule has 0 unspecified atom stereocenters. The first kappa shape index (κ1) is 12.5. The summed E-state index contributed by atoms with van der Waals surface area (Å²) in [5.74, 6) is -0.365. The second-order valence-electron chi connectivity index (χ2n) is 3.43. The van der Waals surface area contributed by atoms with Crippen molar-refractivity contribution in [1.82, 2.24) is 0 Å². The van der Waals surface area contributed by atoms with Crippen molar-refractivity contribution in [2.24, 2.45) is 4.99 Å². The normalized spacial score (nSPS) is 12.3. The predicted octanol–water partition coefficient (Wildman–Crippen LogP) is 3.60. The van der Waals surface area contributed by atoms with Crippen molar-refractivity contribution >= 4 is 28.3 Å². The Labute approximate surface area is 102 Å². The minimum atomic E-state index is -0.669. The average molecular weight is 323 g/mol. The molecule has 4 heteroatoms. The molecule has 0 aromatic heterocycles. The molecule has 82 valence electrons. The molecule has 0 radical (unpaired) electrons. The molecule has 0 aliphatic rings. The molecule has 0 aliphatic heterocycles. The van der Waals surface area contributed by atoms with Crippen molar-refractivity contribution in [3.63, 3.8) is 0 Å². The number of hydrogen-bond acceptors (Lipinski definition) is 1. The monoisotopic (exact) mass is 323 g/mol. The zero-order valence-corrected chi connectivity index (χ0v) is 10.8. The van der Waals surface area contributed by atoms with Gasteiger partial charge in [0.05, 0.1) is 5.71 Å². The van der Waals surface area contributed by atoms with Crippen LogP contribution in [0.25, 0.3) is 0 Å². The standard InChI is InChI=1S/C11H12F2IN/c1-7(2)15-11(6-12)9-5-8(13)3-4-10(9)14/h3-5,7H,6H2,1-2H3. The molecule has 0 saturated carbocycles. The van der Waals surface area contributed by atoms with Crippen LogP contribution in [-0.2, 0) is 0 Å². The highest BCUT2D eigenvalue weighted by atomic mass is 127. The van der Waals surface area contributed by atoms with Crippen LogP contribution >= 0.6 is 22.6 Å². The summed E-state index contributed by atoms with van der Waals surface area (Å²) in [6.07, 6.45) is 0. The second-order valence-corrected chi connectivity index (χ2v) is 4.59. The van der Waals surface area contributed by atoms with E-state index in [0.717, 1.165) is 3.57 Å². The summed E-state index contributed by atoms with van der Waals surface area (Å²) in [7, 11) is 0. The van der Waals surface area contributed by atoms with Gasteiger partial charge in [0.1, 0.15) is 12.5 Å². The van der Waals surface area contributed by atoms with Crippen molar-refractivity contribution in [2.45, 2.75) is 19.9 Å². The highest BCUT2D eigenvalue weighted by molar-refractivity contribution is 14.1. The van der Waals surface area contributed by atoms with Gasteiger partial charge in [-0.3, -0.25) is 4.99 Å². The largest absolute Gasteiger partial charge is 0.284 e. The molecule has 0 fully saturated rings. The molecule has 1 aromatic rings. The SMILES string of the molecule is CC(C)N=C(CF)c1cc(F)ccc1I. The molecule has 0 spiro atoms. The lowest BCUT2D eigenvalue weighted by molar-refractivity contribution is 0.578. The Morgan fingerprint density at radius 2 is 2.13 bits per heavy atom. The Hall–Kier alpha value is -0.520. The van der Waals surface area contributed by atoms with Crippen LogP contribution in [0.1, 0.15) is 19.4 Å². The number of alkyl halides is 1. The summed E-state index contributed by atoms with van der Waals surface area (Å²) in [4.78, 5) is 4.14. The van der Waals surface area contributed by atoms with E-state index in [0.29, 0.717) is 11.3 Å². The summed E-state index contributed by atoms with van der Waals surface area (Å²) in [6.45, 7) is 3.06. The van der Waals surface area contributed by atoms with Gasteiger partial charge in [0, 0.05) is 15.2 Å². The lowest BCUT2D eigenvalue weighted by Crippen LogP contribution is -2.09. The van der Waals surface area contributed by atoms with Crippen molar-refractivity contribution in [2.75, 3.05) is 6.67 Å². The van der Waals surface area contributed by atoms with Gasteiger partial charge < -0.3 is 0 Å². The Balaban J connectivity index is 3.17. The third-order valence-electron chi connectivity index (χ3n) is 1.78. The minimum Gasteiger partial charge on any atom is -0.284 e. The van der Waals surface area contributed by atoms with E-state index in [-0.39, 0.29) is 11.9 Å². The summed E-state index contributed by atoms with van der Waals surface area (Å²) >= 11 is 2.05. The summed E-state index contributed by atoms with van der Waals surface area (Å²) in [5.41, 5.74) is 0.862. The smallest absolute Gasteiger partial charge is 0.132 e. The maximum absolute atomic E-state index is 13.0. The third-order valence-corrected chi connectivity index (χ3v) is 2.72. The maximum Gasteiger partial charge on any atom is 0.132 e. The van der Waals surface area contributed by atoms with E-state index in [9.17, 15) is 8.78 Å². The molecule has 0 saturated heterocycles. The first-order valence-corrected chi connectivity index (χ1v) is 5.70. The molecule has 1 aromatic carbocycles. The van der Waals surface area contributed by atoms with Crippen molar-refractivity contribution in [3.8, 4) is 0 Å². The lowest BCUT2D eigenvalue weighted by atomic mass is 10.1. The van der Waals surface area contributed by atoms with Crippen LogP contribution in [-0.4, -0.2) is 18.4 Å². The molecule has 0 N–H and O–H groups in total. The zero-order valence-electron chi connectivity index (χ0n) is 8.60. The van der Waals surface area contributed by atoms with Gasteiger partial charge in [-0.15, -0.1) is 0 Å². The molecule has 1 nitrogen and oxygen atoms in total. The van der Waals surface area contributed by atoms with E-state index >= 15 is 0 Å².